The van der Waals surface area contributed by atoms with Gasteiger partial charge in [0.05, 0.1) is 12.7 Å². The van der Waals surface area contributed by atoms with Crippen LogP contribution in [0.3, 0.4) is 0 Å². The summed E-state index contributed by atoms with van der Waals surface area (Å²) in [7, 11) is 1.51. The average molecular weight is 257 g/mol. The molecule has 98 valence electrons. The lowest BCUT2D eigenvalue weighted by molar-refractivity contribution is -0.112. The van der Waals surface area contributed by atoms with Gasteiger partial charge in [-0.1, -0.05) is 6.07 Å². The minimum Gasteiger partial charge on any atom is -0.495 e. The number of methoxy groups -OCH3 is 1. The number of carbonyl (C=O) groups excluding carboxylic acids is 1. The average Bonchev–Trinajstić information content (AvgIpc) is 2.36. The van der Waals surface area contributed by atoms with Gasteiger partial charge in [0.25, 0.3) is 5.91 Å². The first-order valence-corrected chi connectivity index (χ1v) is 5.95. The van der Waals surface area contributed by atoms with Gasteiger partial charge < -0.3 is 15.4 Å². The Morgan fingerprint density at radius 2 is 2.21 bits per heavy atom. The highest BCUT2D eigenvalue weighted by atomic mass is 16.5. The molecule has 1 fully saturated rings. The molecule has 0 unspecified atom stereocenters. The second-order valence-electron chi connectivity index (χ2n) is 4.28. The van der Waals surface area contributed by atoms with Crippen molar-refractivity contribution in [2.75, 3.05) is 25.5 Å². The molecule has 0 saturated carbocycles. The number of rotatable bonds is 3. The van der Waals surface area contributed by atoms with Gasteiger partial charge in [-0.2, -0.15) is 5.26 Å². The predicted molar refractivity (Wildman–Crippen MR) is 71.9 cm³/mol. The zero-order valence-corrected chi connectivity index (χ0v) is 10.9. The number of hydrogen-bond donors (Lipinski definition) is 2. The largest absolute Gasteiger partial charge is 0.495 e. The standard InChI is InChI=1S/C14H15N3O2/c1-9(11-7-16-8-11)14(18)17-13-10(6-15)4-3-5-12(13)19-2/h3-5,16H,7-8H2,1-2H3,(H,17,18). The topological polar surface area (TPSA) is 74.1 Å². The van der Waals surface area contributed by atoms with Crippen LogP contribution in [0.5, 0.6) is 5.75 Å². The van der Waals surface area contributed by atoms with E-state index in [1.54, 1.807) is 25.1 Å². The van der Waals surface area contributed by atoms with E-state index in [9.17, 15) is 4.79 Å². The number of ether oxygens (including phenoxy) is 1. The number of nitrogens with zero attached hydrogens (tertiary/aromatic N) is 1. The minimum atomic E-state index is -0.197. The van der Waals surface area contributed by atoms with Crippen molar-refractivity contribution in [3.8, 4) is 11.8 Å². The maximum absolute atomic E-state index is 12.1. The molecule has 1 aliphatic rings. The van der Waals surface area contributed by atoms with Gasteiger partial charge >= 0.3 is 0 Å². The fraction of sp³-hybridized carbons (Fsp3) is 0.286. The third kappa shape index (κ3) is 2.59. The first-order chi connectivity index (χ1) is 9.17. The van der Waals surface area contributed by atoms with Gasteiger partial charge in [-0.25, -0.2) is 0 Å². The molecule has 19 heavy (non-hydrogen) atoms. The Morgan fingerprint density at radius 1 is 1.47 bits per heavy atom. The fourth-order valence-electron chi connectivity index (χ4n) is 1.81. The maximum atomic E-state index is 12.1. The molecule has 0 aromatic heterocycles. The molecule has 1 amide bonds. The summed E-state index contributed by atoms with van der Waals surface area (Å²) in [6, 6.07) is 7.12. The molecule has 0 spiro atoms. The summed E-state index contributed by atoms with van der Waals surface area (Å²) in [5, 5.41) is 14.9. The fourth-order valence-corrected chi connectivity index (χ4v) is 1.81. The maximum Gasteiger partial charge on any atom is 0.251 e. The Bertz CT molecular complexity index is 579. The van der Waals surface area contributed by atoms with Crippen molar-refractivity contribution >= 4 is 11.6 Å². The quantitative estimate of drug-likeness (QED) is 0.803. The lowest BCUT2D eigenvalue weighted by Gasteiger charge is -2.21. The highest BCUT2D eigenvalue weighted by Crippen LogP contribution is 2.28. The molecular formula is C14H15N3O2. The van der Waals surface area contributed by atoms with Crippen LogP contribution in [-0.4, -0.2) is 26.1 Å². The predicted octanol–water partition coefficient (Wildman–Crippen LogP) is 1.43. The van der Waals surface area contributed by atoms with Crippen molar-refractivity contribution < 1.29 is 9.53 Å². The van der Waals surface area contributed by atoms with E-state index in [1.807, 2.05) is 6.07 Å². The van der Waals surface area contributed by atoms with E-state index < -0.39 is 0 Å². The molecule has 0 radical (unpaired) electrons. The molecule has 2 rings (SSSR count). The van der Waals surface area contributed by atoms with Crippen LogP contribution in [-0.2, 0) is 4.79 Å². The molecule has 5 nitrogen and oxygen atoms in total. The first-order valence-electron chi connectivity index (χ1n) is 5.95. The molecule has 1 heterocycles. The Kier molecular flexibility index (Phi) is 3.83. The molecule has 0 bridgehead atoms. The van der Waals surface area contributed by atoms with Crippen LogP contribution in [0.2, 0.25) is 0 Å². The molecule has 1 aromatic carbocycles. The summed E-state index contributed by atoms with van der Waals surface area (Å²) >= 11 is 0. The number of benzene rings is 1. The zero-order chi connectivity index (χ0) is 13.8. The number of nitrogens with one attached hydrogen (secondary N) is 2. The van der Waals surface area contributed by atoms with E-state index in [0.717, 1.165) is 18.7 Å². The number of amides is 1. The molecule has 1 aliphatic heterocycles. The molecule has 2 N–H and O–H groups in total. The number of carbonyl (C=O) groups is 1. The van der Waals surface area contributed by atoms with E-state index >= 15 is 0 Å². The van der Waals surface area contributed by atoms with E-state index in [2.05, 4.69) is 10.6 Å². The summed E-state index contributed by atoms with van der Waals surface area (Å²) in [6.07, 6.45) is 0. The van der Waals surface area contributed by atoms with E-state index in [4.69, 9.17) is 10.00 Å². The number of anilines is 1. The van der Waals surface area contributed by atoms with Gasteiger partial charge in [0.15, 0.2) is 0 Å². The van der Waals surface area contributed by atoms with Crippen LogP contribution >= 0.6 is 0 Å². The Hall–Kier alpha value is -2.32. The Balaban J connectivity index is 2.28. The summed E-state index contributed by atoms with van der Waals surface area (Å²) in [6.45, 7) is 3.28. The molecule has 0 aliphatic carbocycles. The van der Waals surface area contributed by atoms with Gasteiger partial charge in [-0.3, -0.25) is 4.79 Å². The molecule has 5 heteroatoms. The summed E-state index contributed by atoms with van der Waals surface area (Å²) in [5.41, 5.74) is 2.58. The van der Waals surface area contributed by atoms with Crippen molar-refractivity contribution in [3.05, 3.63) is 34.9 Å². The Labute approximate surface area is 111 Å². The van der Waals surface area contributed by atoms with Crippen LogP contribution in [0, 0.1) is 11.3 Å². The van der Waals surface area contributed by atoms with Crippen molar-refractivity contribution in [3.63, 3.8) is 0 Å². The Morgan fingerprint density at radius 3 is 2.74 bits per heavy atom. The minimum absolute atomic E-state index is 0.197. The van der Waals surface area contributed by atoms with Crippen molar-refractivity contribution in [1.82, 2.24) is 5.32 Å². The third-order valence-electron chi connectivity index (χ3n) is 3.15. The van der Waals surface area contributed by atoms with Crippen molar-refractivity contribution in [1.29, 1.82) is 5.26 Å². The van der Waals surface area contributed by atoms with Gasteiger partial charge in [0.2, 0.25) is 0 Å². The lowest BCUT2D eigenvalue weighted by Crippen LogP contribution is -2.36. The second kappa shape index (κ2) is 5.55. The lowest BCUT2D eigenvalue weighted by atomic mass is 10.0. The van der Waals surface area contributed by atoms with Crippen molar-refractivity contribution in [2.24, 2.45) is 0 Å². The molecule has 1 aromatic rings. The summed E-state index contributed by atoms with van der Waals surface area (Å²) in [5.74, 6) is 0.287. The normalized spacial score (nSPS) is 13.2. The van der Waals surface area contributed by atoms with Gasteiger partial charge in [-0.05, 0) is 24.6 Å². The molecular weight excluding hydrogens is 242 g/mol. The summed E-state index contributed by atoms with van der Waals surface area (Å²) < 4.78 is 5.18. The molecule has 1 saturated heterocycles. The van der Waals surface area contributed by atoms with Crippen LogP contribution in [0.25, 0.3) is 0 Å². The number of nitriles is 1. The summed E-state index contributed by atoms with van der Waals surface area (Å²) in [4.78, 5) is 12.1. The number of hydrogen-bond acceptors (Lipinski definition) is 4. The first kappa shape index (κ1) is 13.1. The van der Waals surface area contributed by atoms with Crippen LogP contribution in [0.15, 0.2) is 29.3 Å². The van der Waals surface area contributed by atoms with Gasteiger partial charge in [0, 0.05) is 18.7 Å². The SMILES string of the molecule is COc1cccc(C#N)c1NC(=O)C(C)=C1CNC1. The van der Waals surface area contributed by atoms with Crippen LogP contribution in [0.4, 0.5) is 5.69 Å². The highest BCUT2D eigenvalue weighted by Gasteiger charge is 2.18. The van der Waals surface area contributed by atoms with Crippen LogP contribution in [0.1, 0.15) is 12.5 Å². The highest BCUT2D eigenvalue weighted by molar-refractivity contribution is 6.05. The number of para-hydroxylation sites is 1. The zero-order valence-electron chi connectivity index (χ0n) is 10.9. The van der Waals surface area contributed by atoms with Gasteiger partial charge in [-0.15, -0.1) is 0 Å². The van der Waals surface area contributed by atoms with Gasteiger partial charge in [0.1, 0.15) is 17.5 Å². The second-order valence-corrected chi connectivity index (χ2v) is 4.28. The van der Waals surface area contributed by atoms with Crippen molar-refractivity contribution in [2.45, 2.75) is 6.92 Å². The van der Waals surface area contributed by atoms with E-state index in [1.165, 1.54) is 7.11 Å². The van der Waals surface area contributed by atoms with Crippen LogP contribution < -0.4 is 15.4 Å². The van der Waals surface area contributed by atoms with E-state index in [0.29, 0.717) is 22.6 Å². The smallest absolute Gasteiger partial charge is 0.251 e. The molecule has 0 atom stereocenters. The monoisotopic (exact) mass is 257 g/mol. The van der Waals surface area contributed by atoms with E-state index in [-0.39, 0.29) is 5.91 Å². The third-order valence-corrected chi connectivity index (χ3v) is 3.15.